The first-order valence-corrected chi connectivity index (χ1v) is 6.97. The maximum atomic E-state index is 12.4. The summed E-state index contributed by atoms with van der Waals surface area (Å²) < 4.78 is 1.13. The predicted molar refractivity (Wildman–Crippen MR) is 84.3 cm³/mol. The Hall–Kier alpha value is -0.330. The SMILES string of the molecule is Cc1c(I)cccc1C(=O)N1CCCC(N)C1.Cl. The third kappa shape index (κ3) is 3.36. The van der Waals surface area contributed by atoms with E-state index in [2.05, 4.69) is 22.6 Å². The van der Waals surface area contributed by atoms with E-state index in [9.17, 15) is 4.79 Å². The Kier molecular flexibility index (Phi) is 5.88. The molecule has 1 unspecified atom stereocenters. The van der Waals surface area contributed by atoms with Crippen LogP contribution in [0.15, 0.2) is 18.2 Å². The number of hydrogen-bond donors (Lipinski definition) is 1. The van der Waals surface area contributed by atoms with Crippen molar-refractivity contribution in [2.45, 2.75) is 25.8 Å². The Morgan fingerprint density at radius 1 is 1.50 bits per heavy atom. The van der Waals surface area contributed by atoms with Crippen LogP contribution in [0.1, 0.15) is 28.8 Å². The lowest BCUT2D eigenvalue weighted by Crippen LogP contribution is -2.45. The van der Waals surface area contributed by atoms with Crippen molar-refractivity contribution in [3.63, 3.8) is 0 Å². The van der Waals surface area contributed by atoms with Gasteiger partial charge in [-0.25, -0.2) is 0 Å². The van der Waals surface area contributed by atoms with E-state index in [0.717, 1.165) is 34.1 Å². The molecular formula is C13H18ClIN2O. The second-order valence-corrected chi connectivity index (χ2v) is 5.73. The fourth-order valence-corrected chi connectivity index (χ4v) is 2.70. The average Bonchev–Trinajstić information content (AvgIpc) is 2.32. The van der Waals surface area contributed by atoms with Crippen molar-refractivity contribution in [2.24, 2.45) is 5.73 Å². The van der Waals surface area contributed by atoms with Crippen molar-refractivity contribution in [3.05, 3.63) is 32.9 Å². The third-order valence-corrected chi connectivity index (χ3v) is 4.41. The molecule has 1 heterocycles. The molecule has 0 aliphatic carbocycles. The number of likely N-dealkylation sites (tertiary alicyclic amines) is 1. The van der Waals surface area contributed by atoms with Crippen molar-refractivity contribution >= 4 is 40.9 Å². The Balaban J connectivity index is 0.00000162. The molecule has 0 aromatic heterocycles. The lowest BCUT2D eigenvalue weighted by molar-refractivity contribution is 0.0708. The smallest absolute Gasteiger partial charge is 0.254 e. The minimum Gasteiger partial charge on any atom is -0.337 e. The molecule has 3 nitrogen and oxygen atoms in total. The largest absolute Gasteiger partial charge is 0.337 e. The number of rotatable bonds is 1. The fraction of sp³-hybridized carbons (Fsp3) is 0.462. The van der Waals surface area contributed by atoms with Gasteiger partial charge in [-0.2, -0.15) is 0 Å². The molecule has 1 amide bonds. The van der Waals surface area contributed by atoms with E-state index in [0.29, 0.717) is 6.54 Å². The first-order valence-electron chi connectivity index (χ1n) is 5.89. The number of nitrogens with zero attached hydrogens (tertiary/aromatic N) is 1. The van der Waals surface area contributed by atoms with Gasteiger partial charge < -0.3 is 10.6 Å². The van der Waals surface area contributed by atoms with Gasteiger partial charge in [0.25, 0.3) is 5.91 Å². The molecule has 5 heteroatoms. The summed E-state index contributed by atoms with van der Waals surface area (Å²) in [6, 6.07) is 6.00. The summed E-state index contributed by atoms with van der Waals surface area (Å²) >= 11 is 2.26. The van der Waals surface area contributed by atoms with Crippen molar-refractivity contribution < 1.29 is 4.79 Å². The topological polar surface area (TPSA) is 46.3 Å². The Morgan fingerprint density at radius 3 is 2.89 bits per heavy atom. The van der Waals surface area contributed by atoms with Crippen LogP contribution in [0.5, 0.6) is 0 Å². The minimum atomic E-state index is 0. The van der Waals surface area contributed by atoms with Crippen LogP contribution in [0.25, 0.3) is 0 Å². The molecule has 0 bridgehead atoms. The van der Waals surface area contributed by atoms with Gasteiger partial charge in [0.1, 0.15) is 0 Å². The fourth-order valence-electron chi connectivity index (χ4n) is 2.20. The van der Waals surface area contributed by atoms with E-state index >= 15 is 0 Å². The molecule has 2 rings (SSSR count). The van der Waals surface area contributed by atoms with Crippen LogP contribution in [-0.4, -0.2) is 29.9 Å². The van der Waals surface area contributed by atoms with Crippen molar-refractivity contribution in [2.75, 3.05) is 13.1 Å². The van der Waals surface area contributed by atoms with Gasteiger partial charge >= 0.3 is 0 Å². The summed E-state index contributed by atoms with van der Waals surface area (Å²) in [6.07, 6.45) is 2.03. The summed E-state index contributed by atoms with van der Waals surface area (Å²) in [4.78, 5) is 14.3. The Bertz CT molecular complexity index is 439. The zero-order chi connectivity index (χ0) is 12.4. The number of hydrogen-bond acceptors (Lipinski definition) is 2. The van der Waals surface area contributed by atoms with Gasteiger partial charge in [-0.3, -0.25) is 4.79 Å². The number of benzene rings is 1. The van der Waals surface area contributed by atoms with Gasteiger partial charge in [-0.1, -0.05) is 6.07 Å². The van der Waals surface area contributed by atoms with E-state index in [-0.39, 0.29) is 24.4 Å². The van der Waals surface area contributed by atoms with Gasteiger partial charge in [0, 0.05) is 28.3 Å². The van der Waals surface area contributed by atoms with Crippen LogP contribution in [0, 0.1) is 10.5 Å². The highest BCUT2D eigenvalue weighted by atomic mass is 127. The van der Waals surface area contributed by atoms with Crippen LogP contribution >= 0.6 is 35.0 Å². The molecule has 1 saturated heterocycles. The predicted octanol–water partition coefficient (Wildman–Crippen LogP) is 2.58. The number of piperidine rings is 1. The Labute approximate surface area is 128 Å². The molecular weight excluding hydrogens is 363 g/mol. The highest BCUT2D eigenvalue weighted by molar-refractivity contribution is 14.1. The summed E-state index contributed by atoms with van der Waals surface area (Å²) in [6.45, 7) is 3.51. The van der Waals surface area contributed by atoms with Gasteiger partial charge in [0.15, 0.2) is 0 Å². The molecule has 0 radical (unpaired) electrons. The van der Waals surface area contributed by atoms with Gasteiger partial charge in [0.05, 0.1) is 0 Å². The van der Waals surface area contributed by atoms with E-state index < -0.39 is 0 Å². The lowest BCUT2D eigenvalue weighted by atomic mass is 10.0. The van der Waals surface area contributed by atoms with E-state index in [1.807, 2.05) is 30.0 Å². The van der Waals surface area contributed by atoms with Gasteiger partial charge in [-0.05, 0) is 60.1 Å². The van der Waals surface area contributed by atoms with Crippen LogP contribution in [0.4, 0.5) is 0 Å². The summed E-state index contributed by atoms with van der Waals surface area (Å²) in [5.41, 5.74) is 7.79. The summed E-state index contributed by atoms with van der Waals surface area (Å²) in [5, 5.41) is 0. The molecule has 1 atom stereocenters. The zero-order valence-electron chi connectivity index (χ0n) is 10.4. The highest BCUT2D eigenvalue weighted by Crippen LogP contribution is 2.19. The van der Waals surface area contributed by atoms with Crippen molar-refractivity contribution in [3.8, 4) is 0 Å². The van der Waals surface area contributed by atoms with Crippen molar-refractivity contribution in [1.82, 2.24) is 4.90 Å². The first kappa shape index (κ1) is 15.7. The van der Waals surface area contributed by atoms with E-state index in [1.54, 1.807) is 0 Å². The summed E-state index contributed by atoms with van der Waals surface area (Å²) in [7, 11) is 0. The first-order chi connectivity index (χ1) is 8.09. The number of carbonyl (C=O) groups excluding carboxylic acids is 1. The Morgan fingerprint density at radius 2 is 2.22 bits per heavy atom. The van der Waals surface area contributed by atoms with Crippen LogP contribution in [0.3, 0.4) is 0 Å². The number of nitrogens with two attached hydrogens (primary N) is 1. The number of halogens is 2. The number of carbonyl (C=O) groups is 1. The van der Waals surface area contributed by atoms with E-state index in [4.69, 9.17) is 5.73 Å². The highest BCUT2D eigenvalue weighted by Gasteiger charge is 2.23. The average molecular weight is 381 g/mol. The second kappa shape index (κ2) is 6.73. The van der Waals surface area contributed by atoms with Gasteiger partial charge in [0.2, 0.25) is 0 Å². The van der Waals surface area contributed by atoms with E-state index in [1.165, 1.54) is 0 Å². The normalized spacial score (nSPS) is 19.3. The van der Waals surface area contributed by atoms with Crippen LogP contribution in [0.2, 0.25) is 0 Å². The molecule has 1 aromatic carbocycles. The monoisotopic (exact) mass is 380 g/mol. The molecule has 2 N–H and O–H groups in total. The molecule has 1 fully saturated rings. The molecule has 1 aromatic rings. The zero-order valence-corrected chi connectivity index (χ0v) is 13.3. The second-order valence-electron chi connectivity index (χ2n) is 4.57. The lowest BCUT2D eigenvalue weighted by Gasteiger charge is -2.31. The molecule has 18 heavy (non-hydrogen) atoms. The standard InChI is InChI=1S/C13H17IN2O.ClH/c1-9-11(5-2-6-12(9)14)13(17)16-7-3-4-10(15)8-16;/h2,5-6,10H,3-4,7-8,15H2,1H3;1H. The molecule has 0 spiro atoms. The minimum absolute atomic E-state index is 0. The maximum absolute atomic E-state index is 12.4. The van der Waals surface area contributed by atoms with Crippen LogP contribution < -0.4 is 5.73 Å². The molecule has 0 saturated carbocycles. The molecule has 1 aliphatic heterocycles. The number of amides is 1. The maximum Gasteiger partial charge on any atom is 0.254 e. The van der Waals surface area contributed by atoms with Crippen molar-refractivity contribution in [1.29, 1.82) is 0 Å². The third-order valence-electron chi connectivity index (χ3n) is 3.24. The summed E-state index contributed by atoms with van der Waals surface area (Å²) in [5.74, 6) is 0.121. The quantitative estimate of drug-likeness (QED) is 0.761. The molecule has 1 aliphatic rings. The molecule has 100 valence electrons. The van der Waals surface area contributed by atoms with Gasteiger partial charge in [-0.15, -0.1) is 12.4 Å². The van der Waals surface area contributed by atoms with Crippen LogP contribution in [-0.2, 0) is 0 Å².